The zero-order valence-corrected chi connectivity index (χ0v) is 10.8. The number of rotatable bonds is 5. The first-order chi connectivity index (χ1) is 9.63. The van der Waals surface area contributed by atoms with Crippen molar-refractivity contribution in [3.63, 3.8) is 0 Å². The van der Waals surface area contributed by atoms with Crippen LogP contribution in [0, 0.1) is 10.1 Å². The third-order valence-corrected chi connectivity index (χ3v) is 2.69. The third-order valence-electron chi connectivity index (χ3n) is 2.69. The van der Waals surface area contributed by atoms with Crippen molar-refractivity contribution in [3.05, 3.63) is 58.1 Å². The first-order valence-electron chi connectivity index (χ1n) is 5.84. The number of ether oxygens (including phenoxy) is 2. The fourth-order valence-electron chi connectivity index (χ4n) is 1.67. The summed E-state index contributed by atoms with van der Waals surface area (Å²) in [4.78, 5) is 10.4. The summed E-state index contributed by atoms with van der Waals surface area (Å²) in [5.41, 5.74) is 0.607. The van der Waals surface area contributed by atoms with Crippen LogP contribution in [0.3, 0.4) is 0 Å². The topological polar surface area (TPSA) is 81.8 Å². The molecule has 0 aliphatic rings. The lowest BCUT2D eigenvalue weighted by Crippen LogP contribution is -1.94. The minimum absolute atomic E-state index is 0.0473. The normalized spacial score (nSPS) is 10.1. The molecule has 0 aromatic heterocycles. The van der Waals surface area contributed by atoms with Crippen molar-refractivity contribution < 1.29 is 19.5 Å². The Morgan fingerprint density at radius 3 is 2.35 bits per heavy atom. The summed E-state index contributed by atoms with van der Waals surface area (Å²) < 4.78 is 10.4. The number of benzene rings is 2. The van der Waals surface area contributed by atoms with Crippen LogP contribution < -0.4 is 9.47 Å². The van der Waals surface area contributed by atoms with Gasteiger partial charge in [0.25, 0.3) is 0 Å². The highest BCUT2D eigenvalue weighted by Crippen LogP contribution is 2.32. The average Bonchev–Trinajstić information content (AvgIpc) is 2.48. The van der Waals surface area contributed by atoms with Crippen LogP contribution in [-0.4, -0.2) is 17.1 Å². The Kier molecular flexibility index (Phi) is 4.17. The number of nitro groups is 1. The molecule has 20 heavy (non-hydrogen) atoms. The van der Waals surface area contributed by atoms with Crippen LogP contribution in [0.2, 0.25) is 0 Å². The minimum atomic E-state index is -0.527. The molecule has 0 amide bonds. The van der Waals surface area contributed by atoms with Gasteiger partial charge in [0, 0.05) is 0 Å². The van der Waals surface area contributed by atoms with Crippen molar-refractivity contribution in [2.75, 3.05) is 7.11 Å². The van der Waals surface area contributed by atoms with Gasteiger partial charge >= 0.3 is 5.69 Å². The molecule has 0 heterocycles. The van der Waals surface area contributed by atoms with E-state index in [0.29, 0.717) is 11.5 Å². The predicted octanol–water partition coefficient (Wildman–Crippen LogP) is 2.89. The number of hydrogen-bond acceptors (Lipinski definition) is 5. The molecule has 0 fully saturated rings. The van der Waals surface area contributed by atoms with Crippen LogP contribution in [0.15, 0.2) is 42.5 Å². The smallest absolute Gasteiger partial charge is 0.314 e. The molecular formula is C14H13NO5. The van der Waals surface area contributed by atoms with E-state index in [1.54, 1.807) is 30.3 Å². The standard InChI is InChI=1S/C14H13NO5/c1-19-14-7-6-12(8-13(14)15(17)18)20-11-4-2-10(9-16)3-5-11/h2-8,16H,9H2,1H3. The molecule has 0 saturated heterocycles. The zero-order valence-electron chi connectivity index (χ0n) is 10.8. The summed E-state index contributed by atoms with van der Waals surface area (Å²) >= 11 is 0. The molecule has 2 aromatic carbocycles. The van der Waals surface area contributed by atoms with E-state index in [0.717, 1.165) is 5.56 Å². The Morgan fingerprint density at radius 1 is 1.15 bits per heavy atom. The van der Waals surface area contributed by atoms with Gasteiger partial charge in [-0.2, -0.15) is 0 Å². The first-order valence-corrected chi connectivity index (χ1v) is 5.84. The Bertz CT molecular complexity index is 609. The molecule has 1 N–H and O–H groups in total. The summed E-state index contributed by atoms with van der Waals surface area (Å²) in [7, 11) is 1.37. The fraction of sp³-hybridized carbons (Fsp3) is 0.143. The van der Waals surface area contributed by atoms with Crippen molar-refractivity contribution in [1.82, 2.24) is 0 Å². The van der Waals surface area contributed by atoms with Gasteiger partial charge in [-0.15, -0.1) is 0 Å². The molecule has 0 saturated carbocycles. The number of hydrogen-bond donors (Lipinski definition) is 1. The van der Waals surface area contributed by atoms with E-state index in [2.05, 4.69) is 0 Å². The number of aliphatic hydroxyl groups is 1. The second-order valence-corrected chi connectivity index (χ2v) is 3.99. The number of aliphatic hydroxyl groups excluding tert-OH is 1. The second kappa shape index (κ2) is 6.03. The summed E-state index contributed by atoms with van der Waals surface area (Å²) in [5.74, 6) is 1.05. The lowest BCUT2D eigenvalue weighted by molar-refractivity contribution is -0.385. The lowest BCUT2D eigenvalue weighted by Gasteiger charge is -2.07. The molecule has 6 heteroatoms. The second-order valence-electron chi connectivity index (χ2n) is 3.99. The van der Waals surface area contributed by atoms with Gasteiger partial charge in [0.05, 0.1) is 24.7 Å². The van der Waals surface area contributed by atoms with Crippen molar-refractivity contribution in [2.24, 2.45) is 0 Å². The van der Waals surface area contributed by atoms with Gasteiger partial charge in [-0.1, -0.05) is 12.1 Å². The van der Waals surface area contributed by atoms with Crippen molar-refractivity contribution in [3.8, 4) is 17.2 Å². The summed E-state index contributed by atoms with van der Waals surface area (Å²) in [6.07, 6.45) is 0. The first kappa shape index (κ1) is 13.8. The number of nitrogens with zero attached hydrogens (tertiary/aromatic N) is 1. The Morgan fingerprint density at radius 2 is 1.80 bits per heavy atom. The highest BCUT2D eigenvalue weighted by molar-refractivity contribution is 5.51. The Hall–Kier alpha value is -2.60. The number of nitro benzene ring substituents is 1. The lowest BCUT2D eigenvalue weighted by atomic mass is 10.2. The monoisotopic (exact) mass is 275 g/mol. The van der Waals surface area contributed by atoms with E-state index in [1.807, 2.05) is 0 Å². The molecule has 0 atom stereocenters. The van der Waals surface area contributed by atoms with E-state index in [-0.39, 0.29) is 18.0 Å². The highest BCUT2D eigenvalue weighted by Gasteiger charge is 2.16. The van der Waals surface area contributed by atoms with Crippen LogP contribution in [-0.2, 0) is 6.61 Å². The molecule has 0 spiro atoms. The van der Waals surface area contributed by atoms with E-state index >= 15 is 0 Å². The van der Waals surface area contributed by atoms with Crippen LogP contribution in [0.4, 0.5) is 5.69 Å². The summed E-state index contributed by atoms with van der Waals surface area (Å²) in [5, 5.41) is 19.9. The molecule has 2 aromatic rings. The number of methoxy groups -OCH3 is 1. The third kappa shape index (κ3) is 3.04. The van der Waals surface area contributed by atoms with Gasteiger partial charge in [0.1, 0.15) is 11.5 Å². The zero-order chi connectivity index (χ0) is 14.5. The van der Waals surface area contributed by atoms with Gasteiger partial charge in [0.15, 0.2) is 5.75 Å². The highest BCUT2D eigenvalue weighted by atomic mass is 16.6. The predicted molar refractivity (Wildman–Crippen MR) is 72.1 cm³/mol. The van der Waals surface area contributed by atoms with Gasteiger partial charge in [-0.25, -0.2) is 0 Å². The maximum Gasteiger partial charge on any atom is 0.314 e. The van der Waals surface area contributed by atoms with E-state index < -0.39 is 4.92 Å². The average molecular weight is 275 g/mol. The van der Waals surface area contributed by atoms with Crippen LogP contribution in [0.25, 0.3) is 0 Å². The van der Waals surface area contributed by atoms with Crippen LogP contribution in [0.5, 0.6) is 17.2 Å². The van der Waals surface area contributed by atoms with Crippen molar-refractivity contribution in [1.29, 1.82) is 0 Å². The molecule has 0 aliphatic carbocycles. The van der Waals surface area contributed by atoms with Gasteiger partial charge < -0.3 is 14.6 Å². The molecule has 0 radical (unpaired) electrons. The summed E-state index contributed by atoms with van der Waals surface area (Å²) in [6.45, 7) is -0.0473. The van der Waals surface area contributed by atoms with Crippen LogP contribution >= 0.6 is 0 Å². The quantitative estimate of drug-likeness (QED) is 0.670. The molecule has 104 valence electrons. The van der Waals surface area contributed by atoms with Crippen LogP contribution in [0.1, 0.15) is 5.56 Å². The largest absolute Gasteiger partial charge is 0.490 e. The fourth-order valence-corrected chi connectivity index (χ4v) is 1.67. The maximum absolute atomic E-state index is 10.9. The molecule has 0 bridgehead atoms. The van der Waals surface area contributed by atoms with E-state index in [1.165, 1.54) is 19.2 Å². The van der Waals surface area contributed by atoms with Crippen molar-refractivity contribution in [2.45, 2.75) is 6.61 Å². The van der Waals surface area contributed by atoms with E-state index in [4.69, 9.17) is 14.6 Å². The van der Waals surface area contributed by atoms with E-state index in [9.17, 15) is 10.1 Å². The molecule has 6 nitrogen and oxygen atoms in total. The Balaban J connectivity index is 2.24. The SMILES string of the molecule is COc1ccc(Oc2ccc(CO)cc2)cc1[N+](=O)[O-]. The summed E-state index contributed by atoms with van der Waals surface area (Å²) in [6, 6.07) is 11.2. The maximum atomic E-state index is 10.9. The Labute approximate surface area is 115 Å². The molecule has 0 unspecified atom stereocenters. The molecule has 0 aliphatic heterocycles. The molecular weight excluding hydrogens is 262 g/mol. The molecule has 2 rings (SSSR count). The minimum Gasteiger partial charge on any atom is -0.490 e. The van der Waals surface area contributed by atoms with Gasteiger partial charge in [-0.3, -0.25) is 10.1 Å². The van der Waals surface area contributed by atoms with Gasteiger partial charge in [0.2, 0.25) is 0 Å². The van der Waals surface area contributed by atoms with Gasteiger partial charge in [-0.05, 0) is 29.8 Å². The van der Waals surface area contributed by atoms with Crippen molar-refractivity contribution >= 4 is 5.69 Å².